The van der Waals surface area contributed by atoms with E-state index in [-0.39, 0.29) is 0 Å². The largest absolute Gasteiger partial charge is 0.337 e. The number of carbonyl (C=O) groups excluding carboxylic acids is 1. The summed E-state index contributed by atoms with van der Waals surface area (Å²) in [6.07, 6.45) is 0. The summed E-state index contributed by atoms with van der Waals surface area (Å²) in [6, 6.07) is 26.0. The van der Waals surface area contributed by atoms with Gasteiger partial charge in [0.2, 0.25) is 0 Å². The molecule has 0 atom stereocenters. The van der Waals surface area contributed by atoms with Crippen LogP contribution in [0, 0.1) is 6.92 Å². The molecule has 0 saturated carbocycles. The minimum absolute atomic E-state index is 0.702. The molecule has 0 bridgehead atoms. The highest BCUT2D eigenvalue weighted by molar-refractivity contribution is 5.83. The third-order valence-electron chi connectivity index (χ3n) is 4.01. The highest BCUT2D eigenvalue weighted by Crippen LogP contribution is 2.28. The fraction of sp³-hybridized carbons (Fsp3) is 0.0455. The van der Waals surface area contributed by atoms with E-state index < -0.39 is 0 Å². The first kappa shape index (κ1) is 18.1. The molecule has 0 spiro atoms. The Kier molecular flexibility index (Phi) is 5.74. The molecule has 0 unspecified atom stereocenters. The average Bonchev–Trinajstić information content (AvgIpc) is 2.72. The number of nitrogens with zero attached hydrogens (tertiary/aromatic N) is 2. The number of rotatable bonds is 4. The molecular weight excluding hydrogens is 336 g/mol. The predicted octanol–water partition coefficient (Wildman–Crippen LogP) is 5.24. The number of carbonyl (C=O) groups is 1. The lowest BCUT2D eigenvalue weighted by Gasteiger charge is -2.14. The highest BCUT2D eigenvalue weighted by Gasteiger charge is 2.10. The van der Waals surface area contributed by atoms with Gasteiger partial charge in [-0.15, -0.1) is 0 Å². The summed E-state index contributed by atoms with van der Waals surface area (Å²) in [5, 5.41) is 6.79. The molecular formula is C22H20N4O. The maximum atomic E-state index is 8.00. The number of para-hydroxylation sites is 4. The molecule has 4 rings (SSSR count). The Balaban J connectivity index is 0.00000102. The quantitative estimate of drug-likeness (QED) is 0.523. The minimum Gasteiger partial charge on any atom is -0.337 e. The maximum Gasteiger partial charge on any atom is 0.174 e. The number of hydrogen-bond donors (Lipinski definition) is 2. The van der Waals surface area contributed by atoms with Crippen molar-refractivity contribution in [3.63, 3.8) is 0 Å². The molecule has 1 aromatic heterocycles. The van der Waals surface area contributed by atoms with Gasteiger partial charge in [-0.1, -0.05) is 48.5 Å². The van der Waals surface area contributed by atoms with E-state index in [1.165, 1.54) is 0 Å². The van der Waals surface area contributed by atoms with Crippen molar-refractivity contribution in [1.82, 2.24) is 9.97 Å². The molecule has 134 valence electrons. The number of fused-ring (bicyclic) bond motifs is 1. The van der Waals surface area contributed by atoms with Crippen molar-refractivity contribution in [2.24, 2.45) is 0 Å². The number of benzene rings is 3. The second-order valence-electron chi connectivity index (χ2n) is 5.84. The Labute approximate surface area is 158 Å². The van der Waals surface area contributed by atoms with E-state index in [9.17, 15) is 0 Å². The minimum atomic E-state index is 0.702. The molecule has 1 heterocycles. The maximum absolute atomic E-state index is 8.00. The van der Waals surface area contributed by atoms with Gasteiger partial charge < -0.3 is 15.4 Å². The van der Waals surface area contributed by atoms with Crippen LogP contribution in [0.25, 0.3) is 11.0 Å². The lowest BCUT2D eigenvalue weighted by atomic mass is 10.2. The van der Waals surface area contributed by atoms with E-state index in [0.717, 1.165) is 28.0 Å². The van der Waals surface area contributed by atoms with E-state index in [0.29, 0.717) is 11.6 Å². The molecule has 2 N–H and O–H groups in total. The molecule has 0 radical (unpaired) electrons. The molecule has 0 aliphatic rings. The molecule has 0 saturated heterocycles. The number of hydrogen-bond acceptors (Lipinski definition) is 5. The van der Waals surface area contributed by atoms with Crippen LogP contribution in [0.1, 0.15) is 5.56 Å². The second-order valence-corrected chi connectivity index (χ2v) is 5.84. The Morgan fingerprint density at radius 2 is 1.19 bits per heavy atom. The highest BCUT2D eigenvalue weighted by atomic mass is 16.1. The Hall–Kier alpha value is -3.73. The molecule has 4 aromatic rings. The Morgan fingerprint density at radius 1 is 0.667 bits per heavy atom. The van der Waals surface area contributed by atoms with Crippen LogP contribution in [-0.4, -0.2) is 16.8 Å². The van der Waals surface area contributed by atoms with E-state index >= 15 is 0 Å². The Morgan fingerprint density at radius 3 is 1.81 bits per heavy atom. The standard InChI is InChI=1S/C21H18N4.CH2O/c1-15-9-5-6-12-17(15)23-21-20(22-16-10-3-2-4-11-16)24-18-13-7-8-14-19(18)25-21;1-2/h2-14H,1H3,(H,22,24)(H,23,25);1H2. The topological polar surface area (TPSA) is 66.9 Å². The molecule has 0 aliphatic heterocycles. The van der Waals surface area contributed by atoms with Gasteiger partial charge in [0.15, 0.2) is 11.6 Å². The lowest BCUT2D eigenvalue weighted by Crippen LogP contribution is -2.04. The van der Waals surface area contributed by atoms with E-state index in [1.54, 1.807) is 0 Å². The van der Waals surface area contributed by atoms with Crippen LogP contribution in [0.4, 0.5) is 23.0 Å². The van der Waals surface area contributed by atoms with Crippen molar-refractivity contribution >= 4 is 40.8 Å². The van der Waals surface area contributed by atoms with Gasteiger partial charge in [-0.25, -0.2) is 9.97 Å². The van der Waals surface area contributed by atoms with Gasteiger partial charge in [-0.05, 0) is 42.8 Å². The third kappa shape index (κ3) is 4.27. The predicted molar refractivity (Wildman–Crippen MR) is 111 cm³/mol. The van der Waals surface area contributed by atoms with Crippen LogP contribution in [0.5, 0.6) is 0 Å². The summed E-state index contributed by atoms with van der Waals surface area (Å²) in [6.45, 7) is 4.07. The zero-order valence-electron chi connectivity index (χ0n) is 15.0. The second kappa shape index (κ2) is 8.58. The fourth-order valence-electron chi connectivity index (χ4n) is 2.67. The van der Waals surface area contributed by atoms with Crippen LogP contribution in [0.15, 0.2) is 78.9 Å². The van der Waals surface area contributed by atoms with Gasteiger partial charge in [0.05, 0.1) is 11.0 Å². The number of nitrogens with one attached hydrogen (secondary N) is 2. The fourth-order valence-corrected chi connectivity index (χ4v) is 2.67. The van der Waals surface area contributed by atoms with Crippen molar-refractivity contribution in [3.05, 3.63) is 84.4 Å². The van der Waals surface area contributed by atoms with Gasteiger partial charge in [0.1, 0.15) is 6.79 Å². The number of aromatic nitrogens is 2. The molecule has 0 aliphatic carbocycles. The van der Waals surface area contributed by atoms with Gasteiger partial charge >= 0.3 is 0 Å². The summed E-state index contributed by atoms with van der Waals surface area (Å²) < 4.78 is 0. The van der Waals surface area contributed by atoms with Crippen molar-refractivity contribution < 1.29 is 4.79 Å². The van der Waals surface area contributed by atoms with Gasteiger partial charge in [-0.3, -0.25) is 0 Å². The smallest absolute Gasteiger partial charge is 0.174 e. The average molecular weight is 356 g/mol. The first-order valence-electron chi connectivity index (χ1n) is 8.50. The zero-order chi connectivity index (χ0) is 19.1. The summed E-state index contributed by atoms with van der Waals surface area (Å²) >= 11 is 0. The van der Waals surface area contributed by atoms with Crippen LogP contribution < -0.4 is 10.6 Å². The normalized spacial score (nSPS) is 9.96. The van der Waals surface area contributed by atoms with E-state index in [1.807, 2.05) is 79.6 Å². The zero-order valence-corrected chi connectivity index (χ0v) is 15.0. The van der Waals surface area contributed by atoms with E-state index in [4.69, 9.17) is 14.8 Å². The Bertz CT molecular complexity index is 1030. The van der Waals surface area contributed by atoms with Crippen molar-refractivity contribution in [1.29, 1.82) is 0 Å². The number of aryl methyl sites for hydroxylation is 1. The van der Waals surface area contributed by atoms with Crippen LogP contribution >= 0.6 is 0 Å². The molecule has 5 nitrogen and oxygen atoms in total. The van der Waals surface area contributed by atoms with Crippen molar-refractivity contribution in [2.45, 2.75) is 6.92 Å². The lowest BCUT2D eigenvalue weighted by molar-refractivity contribution is -0.0979. The van der Waals surface area contributed by atoms with Crippen molar-refractivity contribution in [3.8, 4) is 0 Å². The summed E-state index contributed by atoms with van der Waals surface area (Å²) in [5.41, 5.74) is 4.86. The molecule has 5 heteroatoms. The van der Waals surface area contributed by atoms with E-state index in [2.05, 4.69) is 23.6 Å². The van der Waals surface area contributed by atoms with Gasteiger partial charge in [-0.2, -0.15) is 0 Å². The number of anilines is 4. The first-order valence-corrected chi connectivity index (χ1v) is 8.50. The molecule has 0 amide bonds. The van der Waals surface area contributed by atoms with Crippen LogP contribution in [0.2, 0.25) is 0 Å². The molecule has 3 aromatic carbocycles. The van der Waals surface area contributed by atoms with Gasteiger partial charge in [0.25, 0.3) is 0 Å². The summed E-state index contributed by atoms with van der Waals surface area (Å²) in [5.74, 6) is 1.41. The summed E-state index contributed by atoms with van der Waals surface area (Å²) in [4.78, 5) is 17.5. The summed E-state index contributed by atoms with van der Waals surface area (Å²) in [7, 11) is 0. The van der Waals surface area contributed by atoms with Crippen LogP contribution in [-0.2, 0) is 4.79 Å². The van der Waals surface area contributed by atoms with Gasteiger partial charge in [0, 0.05) is 11.4 Å². The first-order chi connectivity index (χ1) is 13.3. The molecule has 0 fully saturated rings. The molecule has 27 heavy (non-hydrogen) atoms. The monoisotopic (exact) mass is 356 g/mol. The van der Waals surface area contributed by atoms with Crippen molar-refractivity contribution in [2.75, 3.05) is 10.6 Å². The third-order valence-corrected chi connectivity index (χ3v) is 4.01. The van der Waals surface area contributed by atoms with Crippen LogP contribution in [0.3, 0.4) is 0 Å². The SMILES string of the molecule is C=O.Cc1ccccc1Nc1nc2ccccc2nc1Nc1ccccc1.